The van der Waals surface area contributed by atoms with Gasteiger partial charge >= 0.3 is 0 Å². The zero-order valence-electron chi connectivity index (χ0n) is 11.6. The van der Waals surface area contributed by atoms with Crippen LogP contribution in [0.2, 0.25) is 0 Å². The number of rotatable bonds is 10. The summed E-state index contributed by atoms with van der Waals surface area (Å²) >= 11 is 1.68. The summed E-state index contributed by atoms with van der Waals surface area (Å²) < 4.78 is 0.234. The molecule has 16 heavy (non-hydrogen) atoms. The number of thioether (sulfide) groups is 1. The van der Waals surface area contributed by atoms with Crippen molar-refractivity contribution in [3.8, 4) is 0 Å². The quantitative estimate of drug-likeness (QED) is 0.433. The molecule has 0 aromatic rings. The van der Waals surface area contributed by atoms with E-state index in [-0.39, 0.29) is 10.2 Å². The predicted molar refractivity (Wildman–Crippen MR) is 76.0 cm³/mol. The lowest BCUT2D eigenvalue weighted by molar-refractivity contribution is 0.281. The Morgan fingerprint density at radius 3 is 2.00 bits per heavy atom. The molecule has 0 aromatic carbocycles. The van der Waals surface area contributed by atoms with E-state index in [1.54, 1.807) is 11.8 Å². The van der Waals surface area contributed by atoms with E-state index in [9.17, 15) is 5.11 Å². The standard InChI is InChI=1S/C14H30OS/c1-5-6-7-8-9-10-11-12-14(3,4)16-13(2)15/h13,15H,5-12H2,1-4H3. The zero-order valence-corrected chi connectivity index (χ0v) is 12.4. The molecule has 0 saturated heterocycles. The summed E-state index contributed by atoms with van der Waals surface area (Å²) in [7, 11) is 0. The van der Waals surface area contributed by atoms with Crippen LogP contribution in [0.15, 0.2) is 0 Å². The van der Waals surface area contributed by atoms with Gasteiger partial charge in [-0.1, -0.05) is 65.7 Å². The molecule has 0 radical (unpaired) electrons. The maximum Gasteiger partial charge on any atom is 0.0969 e. The third-order valence-electron chi connectivity index (χ3n) is 2.87. The van der Waals surface area contributed by atoms with E-state index in [0.29, 0.717) is 0 Å². The number of aliphatic hydroxyl groups is 1. The Balaban J connectivity index is 3.36. The van der Waals surface area contributed by atoms with Crippen LogP contribution in [0.25, 0.3) is 0 Å². The van der Waals surface area contributed by atoms with Crippen molar-refractivity contribution in [2.24, 2.45) is 0 Å². The third-order valence-corrected chi connectivity index (χ3v) is 4.06. The molecular formula is C14H30OS. The summed E-state index contributed by atoms with van der Waals surface area (Å²) in [6.45, 7) is 8.59. The SMILES string of the molecule is CCCCCCCCCC(C)(C)SC(C)O. The van der Waals surface area contributed by atoms with Gasteiger partial charge in [-0.25, -0.2) is 0 Å². The molecule has 0 saturated carbocycles. The van der Waals surface area contributed by atoms with Crippen LogP contribution in [0.1, 0.15) is 79.1 Å². The van der Waals surface area contributed by atoms with Crippen molar-refractivity contribution in [3.05, 3.63) is 0 Å². The molecule has 0 spiro atoms. The van der Waals surface area contributed by atoms with Crippen LogP contribution in [0.5, 0.6) is 0 Å². The van der Waals surface area contributed by atoms with Gasteiger partial charge in [0.05, 0.1) is 5.44 Å². The highest BCUT2D eigenvalue weighted by Crippen LogP contribution is 2.32. The van der Waals surface area contributed by atoms with Crippen LogP contribution >= 0.6 is 11.8 Å². The first-order valence-corrected chi connectivity index (χ1v) is 7.72. The van der Waals surface area contributed by atoms with Gasteiger partial charge in [-0.3, -0.25) is 0 Å². The monoisotopic (exact) mass is 246 g/mol. The molecule has 2 heteroatoms. The van der Waals surface area contributed by atoms with Crippen LogP contribution in [-0.4, -0.2) is 15.3 Å². The van der Waals surface area contributed by atoms with E-state index >= 15 is 0 Å². The summed E-state index contributed by atoms with van der Waals surface area (Å²) in [6, 6.07) is 0. The highest BCUT2D eigenvalue weighted by atomic mass is 32.2. The largest absolute Gasteiger partial charge is 0.383 e. The van der Waals surface area contributed by atoms with Crippen molar-refractivity contribution in [2.45, 2.75) is 89.2 Å². The number of unbranched alkanes of at least 4 members (excludes halogenated alkanes) is 6. The van der Waals surface area contributed by atoms with Gasteiger partial charge < -0.3 is 5.11 Å². The normalized spacial score (nSPS) is 14.1. The molecule has 0 aliphatic rings. The number of hydrogen-bond donors (Lipinski definition) is 1. The molecule has 0 fully saturated rings. The third kappa shape index (κ3) is 10.8. The van der Waals surface area contributed by atoms with Crippen LogP contribution < -0.4 is 0 Å². The Bertz CT molecular complexity index is 155. The average Bonchev–Trinajstić information content (AvgIpc) is 2.14. The fourth-order valence-electron chi connectivity index (χ4n) is 2.03. The lowest BCUT2D eigenvalue weighted by Crippen LogP contribution is -2.18. The van der Waals surface area contributed by atoms with Gasteiger partial charge in [-0.2, -0.15) is 0 Å². The summed E-state index contributed by atoms with van der Waals surface area (Å²) in [4.78, 5) is 0. The van der Waals surface area contributed by atoms with Gasteiger partial charge in [0.1, 0.15) is 0 Å². The van der Waals surface area contributed by atoms with E-state index in [1.807, 2.05) is 6.92 Å². The van der Waals surface area contributed by atoms with Crippen molar-refractivity contribution in [3.63, 3.8) is 0 Å². The van der Waals surface area contributed by atoms with Gasteiger partial charge in [0.15, 0.2) is 0 Å². The molecule has 0 aliphatic carbocycles. The van der Waals surface area contributed by atoms with E-state index in [4.69, 9.17) is 0 Å². The average molecular weight is 246 g/mol. The molecule has 1 unspecified atom stereocenters. The fraction of sp³-hybridized carbons (Fsp3) is 1.00. The van der Waals surface area contributed by atoms with Crippen LogP contribution in [-0.2, 0) is 0 Å². The Hall–Kier alpha value is 0.310. The highest BCUT2D eigenvalue weighted by Gasteiger charge is 2.19. The number of hydrogen-bond acceptors (Lipinski definition) is 2. The maximum absolute atomic E-state index is 9.35. The van der Waals surface area contributed by atoms with E-state index in [0.717, 1.165) is 0 Å². The molecule has 1 N–H and O–H groups in total. The van der Waals surface area contributed by atoms with Gasteiger partial charge in [0.25, 0.3) is 0 Å². The predicted octanol–water partition coefficient (Wildman–Crippen LogP) is 4.98. The molecular weight excluding hydrogens is 216 g/mol. The second kappa shape index (κ2) is 9.35. The molecule has 0 rings (SSSR count). The first kappa shape index (κ1) is 16.3. The number of aliphatic hydroxyl groups excluding tert-OH is 1. The van der Waals surface area contributed by atoms with Gasteiger partial charge in [0, 0.05) is 4.75 Å². The van der Waals surface area contributed by atoms with Gasteiger partial charge in [0.2, 0.25) is 0 Å². The second-order valence-electron chi connectivity index (χ2n) is 5.35. The smallest absolute Gasteiger partial charge is 0.0969 e. The fourth-order valence-corrected chi connectivity index (χ4v) is 3.21. The minimum Gasteiger partial charge on any atom is -0.383 e. The lowest BCUT2D eigenvalue weighted by Gasteiger charge is -2.25. The van der Waals surface area contributed by atoms with E-state index < -0.39 is 0 Å². The van der Waals surface area contributed by atoms with Crippen molar-refractivity contribution < 1.29 is 5.11 Å². The van der Waals surface area contributed by atoms with E-state index in [2.05, 4.69) is 20.8 Å². The van der Waals surface area contributed by atoms with E-state index in [1.165, 1.54) is 51.4 Å². The Morgan fingerprint density at radius 1 is 1.00 bits per heavy atom. The highest BCUT2D eigenvalue weighted by molar-refractivity contribution is 8.01. The Kier molecular flexibility index (Phi) is 9.53. The minimum atomic E-state index is -0.237. The molecule has 0 bridgehead atoms. The molecule has 0 aliphatic heterocycles. The molecule has 0 aromatic heterocycles. The molecule has 0 amide bonds. The summed E-state index contributed by atoms with van der Waals surface area (Å²) in [6.07, 6.45) is 10.8. The Labute approximate surface area is 106 Å². The van der Waals surface area contributed by atoms with Crippen molar-refractivity contribution in [1.29, 1.82) is 0 Å². The van der Waals surface area contributed by atoms with Crippen LogP contribution in [0.4, 0.5) is 0 Å². The second-order valence-corrected chi connectivity index (χ2v) is 7.37. The van der Waals surface area contributed by atoms with Crippen LogP contribution in [0.3, 0.4) is 0 Å². The molecule has 1 atom stereocenters. The first-order valence-electron chi connectivity index (χ1n) is 6.84. The van der Waals surface area contributed by atoms with Crippen molar-refractivity contribution in [2.75, 3.05) is 0 Å². The molecule has 98 valence electrons. The first-order chi connectivity index (χ1) is 7.48. The Morgan fingerprint density at radius 2 is 1.50 bits per heavy atom. The van der Waals surface area contributed by atoms with Crippen LogP contribution in [0, 0.1) is 0 Å². The van der Waals surface area contributed by atoms with Crippen molar-refractivity contribution in [1.82, 2.24) is 0 Å². The zero-order chi connectivity index (χ0) is 12.4. The maximum atomic E-state index is 9.35. The minimum absolute atomic E-state index is 0.234. The van der Waals surface area contributed by atoms with Gasteiger partial charge in [-0.05, 0) is 13.3 Å². The topological polar surface area (TPSA) is 20.2 Å². The summed E-state index contributed by atoms with van der Waals surface area (Å²) in [5.74, 6) is 0. The summed E-state index contributed by atoms with van der Waals surface area (Å²) in [5, 5.41) is 9.35. The summed E-state index contributed by atoms with van der Waals surface area (Å²) in [5.41, 5.74) is -0.237. The molecule has 0 heterocycles. The van der Waals surface area contributed by atoms with Crippen molar-refractivity contribution >= 4 is 11.8 Å². The van der Waals surface area contributed by atoms with Gasteiger partial charge in [-0.15, -0.1) is 11.8 Å². The molecule has 1 nitrogen and oxygen atoms in total. The lowest BCUT2D eigenvalue weighted by atomic mass is 10.0.